The first-order valence-corrected chi connectivity index (χ1v) is 6.16. The Labute approximate surface area is 115 Å². The minimum atomic E-state index is -0.699. The van der Waals surface area contributed by atoms with Crippen LogP contribution in [-0.2, 0) is 20.0 Å². The van der Waals surface area contributed by atoms with Gasteiger partial charge in [-0.1, -0.05) is 0 Å². The van der Waals surface area contributed by atoms with Gasteiger partial charge in [0.15, 0.2) is 0 Å². The van der Waals surface area contributed by atoms with Crippen molar-refractivity contribution in [2.75, 3.05) is 6.54 Å². The van der Waals surface area contributed by atoms with Crippen LogP contribution in [0.4, 0.5) is 8.78 Å². The summed E-state index contributed by atoms with van der Waals surface area (Å²) in [6, 6.07) is 3.80. The van der Waals surface area contributed by atoms with Gasteiger partial charge < -0.3 is 5.32 Å². The lowest BCUT2D eigenvalue weighted by Gasteiger charge is -2.07. The smallest absolute Gasteiger partial charge is 0.131 e. The Morgan fingerprint density at radius 3 is 2.60 bits per heavy atom. The number of benzene rings is 1. The van der Waals surface area contributed by atoms with Gasteiger partial charge in [-0.2, -0.15) is 10.4 Å². The van der Waals surface area contributed by atoms with E-state index in [0.29, 0.717) is 6.54 Å². The van der Waals surface area contributed by atoms with E-state index in [-0.39, 0.29) is 17.7 Å². The van der Waals surface area contributed by atoms with Gasteiger partial charge in [0.25, 0.3) is 0 Å². The Kier molecular flexibility index (Phi) is 4.43. The van der Waals surface area contributed by atoms with E-state index < -0.39 is 11.6 Å². The van der Waals surface area contributed by atoms with Gasteiger partial charge in [0.1, 0.15) is 11.6 Å². The zero-order valence-electron chi connectivity index (χ0n) is 11.0. The van der Waals surface area contributed by atoms with Crippen LogP contribution in [0, 0.1) is 23.0 Å². The van der Waals surface area contributed by atoms with Crippen LogP contribution in [0.2, 0.25) is 0 Å². The third-order valence-corrected chi connectivity index (χ3v) is 2.92. The number of nitrogens with one attached hydrogen (secondary N) is 1. The molecule has 0 amide bonds. The van der Waals surface area contributed by atoms with Crippen LogP contribution in [-0.4, -0.2) is 16.3 Å². The predicted octanol–water partition coefficient (Wildman–Crippen LogP) is 1.90. The number of rotatable bonds is 5. The lowest BCUT2D eigenvalue weighted by molar-refractivity contribution is 0.535. The highest BCUT2D eigenvalue weighted by Gasteiger charge is 2.10. The first-order chi connectivity index (χ1) is 9.60. The topological polar surface area (TPSA) is 53.6 Å². The average molecular weight is 276 g/mol. The molecule has 2 rings (SSSR count). The van der Waals surface area contributed by atoms with E-state index in [2.05, 4.69) is 10.4 Å². The Balaban J connectivity index is 1.90. The standard InChI is InChI=1S/C14H14F2N4/c1-20-9-10(7-19-20)2-3-18-8-12-13(15)4-11(6-17)5-14(12)16/h4-5,7,9,18H,2-3,8H2,1H3. The van der Waals surface area contributed by atoms with Gasteiger partial charge in [-0.3, -0.25) is 4.68 Å². The fraction of sp³-hybridized carbons (Fsp3) is 0.286. The summed E-state index contributed by atoms with van der Waals surface area (Å²) in [6.45, 7) is 0.675. The molecule has 0 aliphatic rings. The Morgan fingerprint density at radius 1 is 1.35 bits per heavy atom. The molecule has 0 saturated heterocycles. The molecule has 0 fully saturated rings. The molecule has 0 unspecified atom stereocenters. The average Bonchev–Trinajstić information content (AvgIpc) is 2.82. The molecular weight excluding hydrogens is 262 g/mol. The number of hydrogen-bond donors (Lipinski definition) is 1. The van der Waals surface area contributed by atoms with Crippen LogP contribution in [0.1, 0.15) is 16.7 Å². The molecule has 0 radical (unpaired) electrons. The molecule has 104 valence electrons. The predicted molar refractivity (Wildman–Crippen MR) is 69.7 cm³/mol. The van der Waals surface area contributed by atoms with E-state index in [4.69, 9.17) is 5.26 Å². The summed E-state index contributed by atoms with van der Waals surface area (Å²) >= 11 is 0. The molecular formula is C14H14F2N4. The van der Waals surface area contributed by atoms with Gasteiger partial charge in [0, 0.05) is 25.4 Å². The molecule has 4 nitrogen and oxygen atoms in total. The summed E-state index contributed by atoms with van der Waals surface area (Å²) < 4.78 is 28.9. The highest BCUT2D eigenvalue weighted by Crippen LogP contribution is 2.14. The number of aryl methyl sites for hydroxylation is 1. The van der Waals surface area contributed by atoms with Gasteiger partial charge in [-0.25, -0.2) is 8.78 Å². The monoisotopic (exact) mass is 276 g/mol. The zero-order chi connectivity index (χ0) is 14.5. The molecule has 1 heterocycles. The second-order valence-corrected chi connectivity index (χ2v) is 4.48. The summed E-state index contributed by atoms with van der Waals surface area (Å²) in [6.07, 6.45) is 4.38. The number of nitriles is 1. The lowest BCUT2D eigenvalue weighted by Crippen LogP contribution is -2.18. The maximum absolute atomic E-state index is 13.6. The molecule has 0 atom stereocenters. The van der Waals surface area contributed by atoms with Crippen LogP contribution in [0.15, 0.2) is 24.5 Å². The van der Waals surface area contributed by atoms with Crippen LogP contribution >= 0.6 is 0 Å². The normalized spacial score (nSPS) is 10.5. The highest BCUT2D eigenvalue weighted by molar-refractivity contribution is 5.34. The lowest BCUT2D eigenvalue weighted by atomic mass is 10.1. The fourth-order valence-corrected chi connectivity index (χ4v) is 1.88. The van der Waals surface area contributed by atoms with Gasteiger partial charge in [0.05, 0.1) is 17.8 Å². The number of halogens is 2. The van der Waals surface area contributed by atoms with Crippen molar-refractivity contribution in [3.05, 3.63) is 52.9 Å². The minimum Gasteiger partial charge on any atom is -0.312 e. The molecule has 0 spiro atoms. The summed E-state index contributed by atoms with van der Waals surface area (Å²) in [4.78, 5) is 0. The van der Waals surface area contributed by atoms with Gasteiger partial charge in [-0.05, 0) is 30.7 Å². The molecule has 0 saturated carbocycles. The van der Waals surface area contributed by atoms with Crippen LogP contribution in [0.5, 0.6) is 0 Å². The van der Waals surface area contributed by atoms with Crippen molar-refractivity contribution in [1.82, 2.24) is 15.1 Å². The third kappa shape index (κ3) is 3.39. The fourth-order valence-electron chi connectivity index (χ4n) is 1.88. The van der Waals surface area contributed by atoms with E-state index in [1.165, 1.54) is 0 Å². The first kappa shape index (κ1) is 14.2. The molecule has 0 aliphatic carbocycles. The van der Waals surface area contributed by atoms with Crippen molar-refractivity contribution in [2.45, 2.75) is 13.0 Å². The van der Waals surface area contributed by atoms with Gasteiger partial charge >= 0.3 is 0 Å². The molecule has 0 bridgehead atoms. The highest BCUT2D eigenvalue weighted by atomic mass is 19.1. The largest absolute Gasteiger partial charge is 0.312 e. The Bertz CT molecular complexity index is 620. The van der Waals surface area contributed by atoms with E-state index in [1.807, 2.05) is 13.2 Å². The summed E-state index contributed by atoms with van der Waals surface area (Å²) in [7, 11) is 1.83. The van der Waals surface area contributed by atoms with E-state index in [9.17, 15) is 8.78 Å². The van der Waals surface area contributed by atoms with Gasteiger partial charge in [0.2, 0.25) is 0 Å². The maximum atomic E-state index is 13.6. The quantitative estimate of drug-likeness (QED) is 0.849. The molecule has 6 heteroatoms. The Morgan fingerprint density at radius 2 is 2.05 bits per heavy atom. The van der Waals surface area contributed by atoms with E-state index >= 15 is 0 Å². The van der Waals surface area contributed by atoms with Crippen molar-refractivity contribution >= 4 is 0 Å². The summed E-state index contributed by atoms with van der Waals surface area (Å²) in [5, 5.41) is 15.6. The van der Waals surface area contributed by atoms with Gasteiger partial charge in [-0.15, -0.1) is 0 Å². The molecule has 0 aliphatic heterocycles. The first-order valence-electron chi connectivity index (χ1n) is 6.16. The van der Waals surface area contributed by atoms with E-state index in [0.717, 1.165) is 24.1 Å². The SMILES string of the molecule is Cn1cc(CCNCc2c(F)cc(C#N)cc2F)cn1. The van der Waals surface area contributed by atoms with Crippen molar-refractivity contribution in [2.24, 2.45) is 7.05 Å². The molecule has 2 aromatic rings. The second kappa shape index (κ2) is 6.26. The second-order valence-electron chi connectivity index (χ2n) is 4.48. The van der Waals surface area contributed by atoms with Crippen LogP contribution in [0.25, 0.3) is 0 Å². The maximum Gasteiger partial charge on any atom is 0.131 e. The summed E-state index contributed by atoms with van der Waals surface area (Å²) in [5.41, 5.74) is 0.995. The van der Waals surface area contributed by atoms with Crippen molar-refractivity contribution < 1.29 is 8.78 Å². The molecule has 20 heavy (non-hydrogen) atoms. The van der Waals surface area contributed by atoms with Crippen LogP contribution < -0.4 is 5.32 Å². The summed E-state index contributed by atoms with van der Waals surface area (Å²) in [5.74, 6) is -1.40. The molecule has 1 aromatic heterocycles. The Hall–Kier alpha value is -2.26. The third-order valence-electron chi connectivity index (χ3n) is 2.92. The molecule has 1 aromatic carbocycles. The van der Waals surface area contributed by atoms with E-state index in [1.54, 1.807) is 16.9 Å². The van der Waals surface area contributed by atoms with Crippen molar-refractivity contribution in [3.63, 3.8) is 0 Å². The molecule has 1 N–H and O–H groups in total. The number of nitrogens with zero attached hydrogens (tertiary/aromatic N) is 3. The van der Waals surface area contributed by atoms with Crippen molar-refractivity contribution in [1.29, 1.82) is 5.26 Å². The minimum absolute atomic E-state index is 0.0147. The zero-order valence-corrected chi connectivity index (χ0v) is 11.0. The number of aromatic nitrogens is 2. The van der Waals surface area contributed by atoms with Crippen LogP contribution in [0.3, 0.4) is 0 Å². The number of hydrogen-bond acceptors (Lipinski definition) is 3. The van der Waals surface area contributed by atoms with Crippen molar-refractivity contribution in [3.8, 4) is 6.07 Å².